The quantitative estimate of drug-likeness (QED) is 0.804. The highest BCUT2D eigenvalue weighted by molar-refractivity contribution is 7.10. The van der Waals surface area contributed by atoms with Crippen LogP contribution in [0, 0.1) is 0 Å². The molecule has 3 rings (SSSR count). The highest BCUT2D eigenvalue weighted by Crippen LogP contribution is 2.27. The molecule has 0 spiro atoms. The van der Waals surface area contributed by atoms with Gasteiger partial charge in [-0.15, -0.1) is 22.7 Å². The van der Waals surface area contributed by atoms with Gasteiger partial charge in [0.25, 0.3) is 0 Å². The SMILES string of the molecule is C1=NC=NC1(Cc1cccs1)Cc1cccs1. The largest absolute Gasteiger partial charge is 0.260 e. The minimum atomic E-state index is -0.157. The monoisotopic (exact) mass is 260 g/mol. The molecule has 0 bridgehead atoms. The summed E-state index contributed by atoms with van der Waals surface area (Å²) >= 11 is 3.58. The second kappa shape index (κ2) is 4.55. The molecule has 1 aliphatic rings. The summed E-state index contributed by atoms with van der Waals surface area (Å²) < 4.78 is 0. The van der Waals surface area contributed by atoms with Gasteiger partial charge < -0.3 is 0 Å². The molecule has 17 heavy (non-hydrogen) atoms. The van der Waals surface area contributed by atoms with Gasteiger partial charge in [-0.1, -0.05) is 12.1 Å². The molecule has 0 amide bonds. The third kappa shape index (κ3) is 2.37. The van der Waals surface area contributed by atoms with Crippen LogP contribution in [0.1, 0.15) is 9.75 Å². The molecule has 0 atom stereocenters. The van der Waals surface area contributed by atoms with E-state index in [0.29, 0.717) is 0 Å². The van der Waals surface area contributed by atoms with Crippen LogP contribution in [0.4, 0.5) is 0 Å². The Kier molecular flexibility index (Phi) is 2.91. The molecular weight excluding hydrogens is 248 g/mol. The van der Waals surface area contributed by atoms with Crippen LogP contribution in [-0.2, 0) is 12.8 Å². The van der Waals surface area contributed by atoms with Crippen LogP contribution in [0.15, 0.2) is 45.0 Å². The normalized spacial score (nSPS) is 16.7. The number of hydrogen-bond donors (Lipinski definition) is 0. The highest BCUT2D eigenvalue weighted by Gasteiger charge is 2.30. The van der Waals surface area contributed by atoms with Crippen molar-refractivity contribution in [1.82, 2.24) is 0 Å². The van der Waals surface area contributed by atoms with Crippen molar-refractivity contribution in [2.24, 2.45) is 9.98 Å². The molecule has 2 nitrogen and oxygen atoms in total. The predicted octanol–water partition coefficient (Wildman–Crippen LogP) is 3.45. The fraction of sp³-hybridized carbons (Fsp3) is 0.231. The van der Waals surface area contributed by atoms with E-state index < -0.39 is 0 Å². The Morgan fingerprint density at radius 3 is 2.06 bits per heavy atom. The van der Waals surface area contributed by atoms with Crippen molar-refractivity contribution in [2.45, 2.75) is 18.4 Å². The van der Waals surface area contributed by atoms with E-state index in [1.54, 1.807) is 29.0 Å². The maximum atomic E-state index is 4.58. The first-order chi connectivity index (χ1) is 8.36. The smallest absolute Gasteiger partial charge is 0.110 e. The number of thiophene rings is 2. The lowest BCUT2D eigenvalue weighted by Crippen LogP contribution is -2.31. The fourth-order valence-corrected chi connectivity index (χ4v) is 3.67. The van der Waals surface area contributed by atoms with E-state index in [0.717, 1.165) is 12.8 Å². The van der Waals surface area contributed by atoms with E-state index >= 15 is 0 Å². The molecule has 0 aromatic carbocycles. The Labute approximate surface area is 108 Å². The zero-order valence-corrected chi connectivity index (χ0v) is 10.9. The van der Waals surface area contributed by atoms with E-state index in [4.69, 9.17) is 0 Å². The minimum Gasteiger partial charge on any atom is -0.260 e. The Morgan fingerprint density at radius 2 is 1.65 bits per heavy atom. The van der Waals surface area contributed by atoms with E-state index in [9.17, 15) is 0 Å². The van der Waals surface area contributed by atoms with Crippen molar-refractivity contribution in [3.63, 3.8) is 0 Å². The molecule has 3 heterocycles. The molecule has 0 saturated carbocycles. The van der Waals surface area contributed by atoms with Crippen molar-refractivity contribution >= 4 is 35.2 Å². The predicted molar refractivity (Wildman–Crippen MR) is 75.8 cm³/mol. The van der Waals surface area contributed by atoms with Crippen LogP contribution in [0.5, 0.6) is 0 Å². The minimum absolute atomic E-state index is 0.157. The topological polar surface area (TPSA) is 24.7 Å². The molecule has 0 radical (unpaired) electrons. The van der Waals surface area contributed by atoms with Crippen LogP contribution in [-0.4, -0.2) is 18.1 Å². The van der Waals surface area contributed by atoms with E-state index in [1.807, 2.05) is 6.21 Å². The lowest BCUT2D eigenvalue weighted by atomic mass is 9.92. The van der Waals surface area contributed by atoms with Gasteiger partial charge in [0.1, 0.15) is 11.9 Å². The molecule has 1 aliphatic heterocycles. The summed E-state index contributed by atoms with van der Waals surface area (Å²) in [5.74, 6) is 0. The van der Waals surface area contributed by atoms with Crippen molar-refractivity contribution < 1.29 is 0 Å². The van der Waals surface area contributed by atoms with Gasteiger partial charge >= 0.3 is 0 Å². The molecule has 86 valence electrons. The first kappa shape index (κ1) is 10.9. The van der Waals surface area contributed by atoms with Crippen LogP contribution in [0.25, 0.3) is 0 Å². The first-order valence-corrected chi connectivity index (χ1v) is 7.25. The van der Waals surface area contributed by atoms with Gasteiger partial charge in [-0.25, -0.2) is 4.99 Å². The molecule has 2 aromatic heterocycles. The highest BCUT2D eigenvalue weighted by atomic mass is 32.1. The second-order valence-electron chi connectivity index (χ2n) is 4.14. The van der Waals surface area contributed by atoms with Gasteiger partial charge in [0.05, 0.1) is 0 Å². The number of aliphatic imine (C=N–C) groups is 2. The van der Waals surface area contributed by atoms with Crippen LogP contribution < -0.4 is 0 Å². The van der Waals surface area contributed by atoms with E-state index in [2.05, 4.69) is 45.0 Å². The van der Waals surface area contributed by atoms with Gasteiger partial charge in [0, 0.05) is 28.8 Å². The third-order valence-electron chi connectivity index (χ3n) is 2.82. The Morgan fingerprint density at radius 1 is 1.00 bits per heavy atom. The van der Waals surface area contributed by atoms with Crippen molar-refractivity contribution in [1.29, 1.82) is 0 Å². The Bertz CT molecular complexity index is 474. The summed E-state index contributed by atoms with van der Waals surface area (Å²) in [7, 11) is 0. The second-order valence-corrected chi connectivity index (χ2v) is 6.20. The summed E-state index contributed by atoms with van der Waals surface area (Å²) in [6.45, 7) is 0. The molecule has 0 aliphatic carbocycles. The third-order valence-corrected chi connectivity index (χ3v) is 4.57. The van der Waals surface area contributed by atoms with Crippen molar-refractivity contribution in [3.05, 3.63) is 44.8 Å². The van der Waals surface area contributed by atoms with Crippen molar-refractivity contribution in [3.8, 4) is 0 Å². The zero-order valence-electron chi connectivity index (χ0n) is 9.24. The molecule has 0 N–H and O–H groups in total. The Hall–Kier alpha value is -1.26. The lowest BCUT2D eigenvalue weighted by molar-refractivity contribution is 0.593. The number of hydrogen-bond acceptors (Lipinski definition) is 4. The summed E-state index contributed by atoms with van der Waals surface area (Å²) in [5, 5.41) is 4.23. The average Bonchev–Trinajstić information content (AvgIpc) is 3.01. The molecule has 0 unspecified atom stereocenters. The Balaban J connectivity index is 1.84. The number of nitrogens with zero attached hydrogens (tertiary/aromatic N) is 2. The molecule has 0 saturated heterocycles. The summed E-state index contributed by atoms with van der Waals surface area (Å²) in [6.07, 6.45) is 5.57. The van der Waals surface area contributed by atoms with Gasteiger partial charge in [0.15, 0.2) is 0 Å². The lowest BCUT2D eigenvalue weighted by Gasteiger charge is -2.21. The average molecular weight is 260 g/mol. The van der Waals surface area contributed by atoms with Gasteiger partial charge in [0.2, 0.25) is 0 Å². The van der Waals surface area contributed by atoms with Crippen LogP contribution in [0.2, 0.25) is 0 Å². The molecule has 4 heteroatoms. The summed E-state index contributed by atoms with van der Waals surface area (Å²) in [6, 6.07) is 8.52. The van der Waals surface area contributed by atoms with Crippen LogP contribution >= 0.6 is 22.7 Å². The van der Waals surface area contributed by atoms with Crippen LogP contribution in [0.3, 0.4) is 0 Å². The standard InChI is InChI=1S/C13H12N2S2/c1-3-11(16-5-1)7-13(9-14-10-15-13)8-12-4-2-6-17-12/h1-6,9-10H,7-8H2. The van der Waals surface area contributed by atoms with E-state index in [1.165, 1.54) is 9.75 Å². The maximum absolute atomic E-state index is 4.58. The first-order valence-electron chi connectivity index (χ1n) is 5.49. The van der Waals surface area contributed by atoms with Gasteiger partial charge in [-0.05, 0) is 22.9 Å². The van der Waals surface area contributed by atoms with Crippen molar-refractivity contribution in [2.75, 3.05) is 0 Å². The zero-order chi connectivity index (χ0) is 11.6. The van der Waals surface area contributed by atoms with Gasteiger partial charge in [-0.3, -0.25) is 4.99 Å². The fourth-order valence-electron chi connectivity index (χ4n) is 2.03. The molecule has 0 fully saturated rings. The maximum Gasteiger partial charge on any atom is 0.110 e. The van der Waals surface area contributed by atoms with E-state index in [-0.39, 0.29) is 5.54 Å². The van der Waals surface area contributed by atoms with Gasteiger partial charge in [-0.2, -0.15) is 0 Å². The summed E-state index contributed by atoms with van der Waals surface area (Å²) in [5.41, 5.74) is -0.157. The number of rotatable bonds is 4. The molecule has 2 aromatic rings. The summed E-state index contributed by atoms with van der Waals surface area (Å²) in [4.78, 5) is 11.5. The molecular formula is C13H12N2S2.